The molecular formula is C21H26N8O. The van der Waals surface area contributed by atoms with E-state index in [-0.39, 0.29) is 5.91 Å². The van der Waals surface area contributed by atoms with Gasteiger partial charge in [-0.15, -0.1) is 0 Å². The molecule has 0 bridgehead atoms. The Morgan fingerprint density at radius 1 is 1.23 bits per heavy atom. The van der Waals surface area contributed by atoms with Crippen LogP contribution in [0.3, 0.4) is 0 Å². The Kier molecular flexibility index (Phi) is 5.62. The second-order valence-electron chi connectivity index (χ2n) is 7.50. The molecule has 0 saturated carbocycles. The number of pyridine rings is 1. The van der Waals surface area contributed by atoms with Gasteiger partial charge in [0.1, 0.15) is 5.82 Å². The molecule has 1 saturated heterocycles. The molecule has 0 spiro atoms. The van der Waals surface area contributed by atoms with Gasteiger partial charge in [0, 0.05) is 62.5 Å². The van der Waals surface area contributed by atoms with Crippen LogP contribution in [0, 0.1) is 0 Å². The van der Waals surface area contributed by atoms with E-state index in [0.29, 0.717) is 35.6 Å². The molecule has 0 atom stereocenters. The standard InChI is InChI=1S/C21H26N8O/c1-28-8-10-29(11-9-28)19(30)5-6-24-13-16-20(22)15-3-2-14(17-4-7-25-27-17)12-18(15)26-21(16)23/h2-4,7,12-13H,5-6,8-11H2,1H3,(H,25,27)(H4,22,23,26). The summed E-state index contributed by atoms with van der Waals surface area (Å²) in [6, 6.07) is 7.69. The molecule has 156 valence electrons. The zero-order chi connectivity index (χ0) is 21.1. The topological polar surface area (TPSA) is 130 Å². The van der Waals surface area contributed by atoms with Crippen LogP contribution in [0.25, 0.3) is 22.2 Å². The third kappa shape index (κ3) is 4.11. The molecule has 0 radical (unpaired) electrons. The number of nitrogens with one attached hydrogen (secondary N) is 1. The predicted octanol–water partition coefficient (Wildman–Crippen LogP) is 1.37. The van der Waals surface area contributed by atoms with Crippen LogP contribution in [0.2, 0.25) is 0 Å². The van der Waals surface area contributed by atoms with Crippen molar-refractivity contribution >= 4 is 34.5 Å². The summed E-state index contributed by atoms with van der Waals surface area (Å²) >= 11 is 0. The first-order valence-corrected chi connectivity index (χ1v) is 9.97. The van der Waals surface area contributed by atoms with Crippen molar-refractivity contribution in [3.8, 4) is 11.3 Å². The van der Waals surface area contributed by atoms with Crippen LogP contribution < -0.4 is 11.5 Å². The minimum absolute atomic E-state index is 0.129. The minimum atomic E-state index is 0.129. The van der Waals surface area contributed by atoms with Crippen molar-refractivity contribution < 1.29 is 4.79 Å². The number of nitrogens with zero attached hydrogens (tertiary/aromatic N) is 5. The lowest BCUT2D eigenvalue weighted by Gasteiger charge is -2.32. The molecular weight excluding hydrogens is 380 g/mol. The van der Waals surface area contributed by atoms with Gasteiger partial charge in [0.2, 0.25) is 5.91 Å². The Hall–Kier alpha value is -3.46. The number of hydrogen-bond donors (Lipinski definition) is 3. The van der Waals surface area contributed by atoms with Gasteiger partial charge in [-0.05, 0) is 19.2 Å². The lowest BCUT2D eigenvalue weighted by Crippen LogP contribution is -2.47. The molecule has 1 aromatic carbocycles. The molecule has 0 unspecified atom stereocenters. The quantitative estimate of drug-likeness (QED) is 0.549. The zero-order valence-corrected chi connectivity index (χ0v) is 17.0. The molecule has 5 N–H and O–H groups in total. The molecule has 2 aromatic heterocycles. The number of benzene rings is 1. The number of anilines is 2. The van der Waals surface area contributed by atoms with Gasteiger partial charge in [-0.3, -0.25) is 14.9 Å². The molecule has 9 heteroatoms. The Morgan fingerprint density at radius 3 is 2.77 bits per heavy atom. The number of hydrogen-bond acceptors (Lipinski definition) is 7. The van der Waals surface area contributed by atoms with E-state index in [1.54, 1.807) is 12.4 Å². The van der Waals surface area contributed by atoms with E-state index in [0.717, 1.165) is 42.8 Å². The van der Waals surface area contributed by atoms with E-state index in [9.17, 15) is 4.79 Å². The number of aliphatic imine (C=N–C) groups is 1. The van der Waals surface area contributed by atoms with Crippen molar-refractivity contribution in [2.75, 3.05) is 51.2 Å². The number of H-pyrrole nitrogens is 1. The van der Waals surface area contributed by atoms with Gasteiger partial charge >= 0.3 is 0 Å². The van der Waals surface area contributed by atoms with Gasteiger partial charge < -0.3 is 21.3 Å². The molecule has 3 heterocycles. The van der Waals surface area contributed by atoms with Gasteiger partial charge in [0.05, 0.1) is 22.5 Å². The van der Waals surface area contributed by atoms with Gasteiger partial charge in [-0.25, -0.2) is 4.98 Å². The second kappa shape index (κ2) is 8.50. The molecule has 1 fully saturated rings. The number of carbonyl (C=O) groups is 1. The number of nitrogens with two attached hydrogens (primary N) is 2. The van der Waals surface area contributed by atoms with E-state index >= 15 is 0 Å². The highest BCUT2D eigenvalue weighted by Gasteiger charge is 2.18. The molecule has 3 aromatic rings. The number of piperazine rings is 1. The van der Waals surface area contributed by atoms with E-state index in [1.807, 2.05) is 29.2 Å². The number of rotatable bonds is 5. The summed E-state index contributed by atoms with van der Waals surface area (Å²) in [6.45, 7) is 3.75. The second-order valence-corrected chi connectivity index (χ2v) is 7.50. The first-order valence-electron chi connectivity index (χ1n) is 9.97. The maximum absolute atomic E-state index is 12.3. The highest BCUT2D eigenvalue weighted by molar-refractivity contribution is 6.05. The summed E-state index contributed by atoms with van der Waals surface area (Å²) in [7, 11) is 2.07. The van der Waals surface area contributed by atoms with Crippen LogP contribution in [0.5, 0.6) is 0 Å². The number of carbonyl (C=O) groups excluding carboxylic acids is 1. The average Bonchev–Trinajstić information content (AvgIpc) is 3.28. The average molecular weight is 406 g/mol. The summed E-state index contributed by atoms with van der Waals surface area (Å²) in [6.07, 6.45) is 3.69. The molecule has 1 aliphatic heterocycles. The molecule has 1 aliphatic rings. The van der Waals surface area contributed by atoms with Crippen molar-refractivity contribution in [2.24, 2.45) is 4.99 Å². The molecule has 4 rings (SSSR count). The fourth-order valence-corrected chi connectivity index (χ4v) is 3.57. The van der Waals surface area contributed by atoms with E-state index in [4.69, 9.17) is 11.5 Å². The normalized spacial score (nSPS) is 15.3. The largest absolute Gasteiger partial charge is 0.398 e. The Morgan fingerprint density at radius 2 is 2.03 bits per heavy atom. The van der Waals surface area contributed by atoms with Crippen LogP contribution in [0.15, 0.2) is 35.5 Å². The molecule has 1 amide bonds. The SMILES string of the molecule is CN1CCN(C(=O)CCN=Cc2c(N)nc3cc(-c4ccn[nH]4)ccc3c2N)CC1. The van der Waals surface area contributed by atoms with Crippen LogP contribution in [0.1, 0.15) is 12.0 Å². The summed E-state index contributed by atoms with van der Waals surface area (Å²) in [4.78, 5) is 25.3. The number of aromatic amines is 1. The summed E-state index contributed by atoms with van der Waals surface area (Å²) in [5.41, 5.74) is 16.2. The number of nitrogen functional groups attached to an aromatic ring is 2. The third-order valence-electron chi connectivity index (χ3n) is 5.44. The van der Waals surface area contributed by atoms with Gasteiger partial charge in [0.25, 0.3) is 0 Å². The minimum Gasteiger partial charge on any atom is -0.398 e. The first kappa shape index (κ1) is 19.8. The Balaban J connectivity index is 1.46. The fraction of sp³-hybridized carbons (Fsp3) is 0.333. The van der Waals surface area contributed by atoms with E-state index in [1.165, 1.54) is 0 Å². The van der Waals surface area contributed by atoms with Gasteiger partial charge in [0.15, 0.2) is 0 Å². The predicted molar refractivity (Wildman–Crippen MR) is 119 cm³/mol. The first-order chi connectivity index (χ1) is 14.5. The maximum Gasteiger partial charge on any atom is 0.224 e. The van der Waals surface area contributed by atoms with Crippen molar-refractivity contribution in [2.45, 2.75) is 6.42 Å². The smallest absolute Gasteiger partial charge is 0.224 e. The Labute approximate surface area is 174 Å². The highest BCUT2D eigenvalue weighted by atomic mass is 16.2. The number of amides is 1. The highest BCUT2D eigenvalue weighted by Crippen LogP contribution is 2.29. The molecule has 9 nitrogen and oxygen atoms in total. The van der Waals surface area contributed by atoms with Crippen molar-refractivity contribution in [3.63, 3.8) is 0 Å². The van der Waals surface area contributed by atoms with Crippen LogP contribution in [-0.2, 0) is 4.79 Å². The summed E-state index contributed by atoms with van der Waals surface area (Å²) in [5, 5.41) is 7.71. The van der Waals surface area contributed by atoms with Crippen LogP contribution >= 0.6 is 0 Å². The lowest BCUT2D eigenvalue weighted by molar-refractivity contribution is -0.132. The van der Waals surface area contributed by atoms with Crippen molar-refractivity contribution in [1.29, 1.82) is 0 Å². The zero-order valence-electron chi connectivity index (χ0n) is 17.0. The van der Waals surface area contributed by atoms with Crippen LogP contribution in [-0.4, -0.2) is 76.9 Å². The molecule has 0 aliphatic carbocycles. The van der Waals surface area contributed by atoms with Gasteiger partial charge in [-0.2, -0.15) is 5.10 Å². The maximum atomic E-state index is 12.3. The number of likely N-dealkylation sites (N-methyl/N-ethyl adjacent to an activating group) is 1. The van der Waals surface area contributed by atoms with E-state index in [2.05, 4.69) is 32.1 Å². The van der Waals surface area contributed by atoms with Crippen molar-refractivity contribution in [1.82, 2.24) is 25.0 Å². The monoisotopic (exact) mass is 406 g/mol. The summed E-state index contributed by atoms with van der Waals surface area (Å²) in [5.74, 6) is 0.445. The van der Waals surface area contributed by atoms with Gasteiger partial charge in [-0.1, -0.05) is 12.1 Å². The summed E-state index contributed by atoms with van der Waals surface area (Å²) < 4.78 is 0. The molecule has 30 heavy (non-hydrogen) atoms. The number of fused-ring (bicyclic) bond motifs is 1. The third-order valence-corrected chi connectivity index (χ3v) is 5.44. The van der Waals surface area contributed by atoms with Crippen molar-refractivity contribution in [3.05, 3.63) is 36.0 Å². The van der Waals surface area contributed by atoms with Crippen LogP contribution in [0.4, 0.5) is 11.5 Å². The Bertz CT molecular complexity index is 1070. The lowest BCUT2D eigenvalue weighted by atomic mass is 10.1. The number of aromatic nitrogens is 3. The fourth-order valence-electron chi connectivity index (χ4n) is 3.57. The van der Waals surface area contributed by atoms with E-state index < -0.39 is 0 Å².